The average molecular weight is 299 g/mol. The first-order chi connectivity index (χ1) is 9.88. The van der Waals surface area contributed by atoms with Crippen molar-refractivity contribution in [1.82, 2.24) is 9.55 Å². The summed E-state index contributed by atoms with van der Waals surface area (Å²) < 4.78 is 21.1. The molecule has 5 atom stereocenters. The zero-order valence-electron chi connectivity index (χ0n) is 11.6. The van der Waals surface area contributed by atoms with Gasteiger partial charge < -0.3 is 20.7 Å². The fourth-order valence-electron chi connectivity index (χ4n) is 3.18. The molecule has 0 amide bonds. The van der Waals surface area contributed by atoms with Crippen LogP contribution in [-0.4, -0.2) is 43.2 Å². The lowest BCUT2D eigenvalue weighted by Gasteiger charge is -2.22. The lowest BCUT2D eigenvalue weighted by Crippen LogP contribution is -2.38. The van der Waals surface area contributed by atoms with Gasteiger partial charge in [-0.1, -0.05) is 19.8 Å². The lowest BCUT2D eigenvalue weighted by molar-refractivity contribution is -0.0959. The van der Waals surface area contributed by atoms with E-state index in [9.17, 15) is 19.4 Å². The summed E-state index contributed by atoms with van der Waals surface area (Å²) in [6.07, 6.45) is -1.40. The van der Waals surface area contributed by atoms with E-state index >= 15 is 0 Å². The number of aliphatic hydroxyl groups excluding tert-OH is 1. The molecule has 0 aromatic carbocycles. The molecule has 8 heteroatoms. The number of rotatable bonds is 4. The van der Waals surface area contributed by atoms with E-state index in [1.165, 1.54) is 12.3 Å². The smallest absolute Gasteiger partial charge is 0.351 e. The number of aromatic nitrogens is 2. The van der Waals surface area contributed by atoms with Crippen LogP contribution in [0.2, 0.25) is 0 Å². The number of nitrogen functional groups attached to an aromatic ring is 1. The molecule has 1 aromatic heterocycles. The van der Waals surface area contributed by atoms with E-state index < -0.39 is 35.4 Å². The topological polar surface area (TPSA) is 111 Å². The summed E-state index contributed by atoms with van der Waals surface area (Å²) in [4.78, 5) is 15.3. The molecule has 0 radical (unpaired) electrons. The summed E-state index contributed by atoms with van der Waals surface area (Å²) in [5.41, 5.74) is 1.33. The van der Waals surface area contributed by atoms with Crippen molar-refractivity contribution in [3.63, 3.8) is 0 Å². The number of nitrogens with zero attached hydrogens (tertiary/aromatic N) is 2. The highest BCUT2D eigenvalue weighted by molar-refractivity contribution is 5.35. The number of anilines is 1. The Morgan fingerprint density at radius 1 is 1.62 bits per heavy atom. The predicted molar refractivity (Wildman–Crippen MR) is 71.1 cm³/mol. The van der Waals surface area contributed by atoms with Crippen LogP contribution in [0.4, 0.5) is 10.2 Å². The lowest BCUT2D eigenvalue weighted by atomic mass is 10.1. The first-order valence-corrected chi connectivity index (χ1v) is 6.95. The highest BCUT2D eigenvalue weighted by Gasteiger charge is 2.87. The van der Waals surface area contributed by atoms with E-state index in [1.807, 2.05) is 6.92 Å². The van der Waals surface area contributed by atoms with Gasteiger partial charge in [0.2, 0.25) is 0 Å². The third-order valence-electron chi connectivity index (χ3n) is 4.48. The SMILES string of the molecule is CCCC[C@]12O[C@@H](n3ccc(N)nc3=O)[C@H](F)[C@@]1(O)C2O. The van der Waals surface area contributed by atoms with Crippen molar-refractivity contribution in [3.05, 3.63) is 22.7 Å². The van der Waals surface area contributed by atoms with Crippen molar-refractivity contribution in [2.75, 3.05) is 5.73 Å². The number of halogens is 1. The van der Waals surface area contributed by atoms with Crippen molar-refractivity contribution >= 4 is 5.82 Å². The maximum Gasteiger partial charge on any atom is 0.351 e. The van der Waals surface area contributed by atoms with Crippen molar-refractivity contribution in [2.45, 2.75) is 55.9 Å². The molecular weight excluding hydrogens is 281 g/mol. The Balaban J connectivity index is 1.93. The summed E-state index contributed by atoms with van der Waals surface area (Å²) in [7, 11) is 0. The molecule has 21 heavy (non-hydrogen) atoms. The van der Waals surface area contributed by atoms with Crippen molar-refractivity contribution in [2.24, 2.45) is 0 Å². The molecule has 0 bridgehead atoms. The molecule has 2 heterocycles. The Morgan fingerprint density at radius 3 is 2.95 bits per heavy atom. The minimum Gasteiger partial charge on any atom is -0.387 e. The second-order valence-corrected chi connectivity index (χ2v) is 5.67. The standard InChI is InChI=1S/C13H18FN3O4/c1-2-3-5-12-10(18)13(12,20)8(14)9(21-12)17-6-4-7(15)16-11(17)19/h4,6,8-10,18,20H,2-3,5H2,1H3,(H2,15,16,19)/t8-,9+,10?,12+,13+/m0/s1. The first kappa shape index (κ1) is 14.4. The Bertz CT molecular complexity index is 624. The van der Waals surface area contributed by atoms with Crippen LogP contribution in [0.5, 0.6) is 0 Å². The summed E-state index contributed by atoms with van der Waals surface area (Å²) in [6.45, 7) is 1.94. The number of unbranched alkanes of at least 4 members (excludes halogenated alkanes) is 1. The molecule has 2 fully saturated rings. The number of hydrogen-bond acceptors (Lipinski definition) is 6. The van der Waals surface area contributed by atoms with Gasteiger partial charge in [0.15, 0.2) is 18.0 Å². The molecule has 3 rings (SSSR count). The Hall–Kier alpha value is -1.51. The van der Waals surface area contributed by atoms with Crippen LogP contribution in [0, 0.1) is 0 Å². The van der Waals surface area contributed by atoms with Gasteiger partial charge in [-0.2, -0.15) is 4.98 Å². The molecule has 1 unspecified atom stereocenters. The van der Waals surface area contributed by atoms with Crippen LogP contribution in [-0.2, 0) is 4.74 Å². The average Bonchev–Trinajstić information content (AvgIpc) is 2.79. The van der Waals surface area contributed by atoms with Crippen LogP contribution < -0.4 is 11.4 Å². The van der Waals surface area contributed by atoms with Crippen LogP contribution in [0.3, 0.4) is 0 Å². The Labute approximate surface area is 120 Å². The number of alkyl halides is 1. The monoisotopic (exact) mass is 299 g/mol. The Kier molecular flexibility index (Phi) is 3.09. The second-order valence-electron chi connectivity index (χ2n) is 5.67. The zero-order chi connectivity index (χ0) is 15.4. The quantitative estimate of drug-likeness (QED) is 0.705. The second kappa shape index (κ2) is 4.49. The van der Waals surface area contributed by atoms with Gasteiger partial charge in [0, 0.05) is 6.20 Å². The van der Waals surface area contributed by atoms with E-state index in [0.717, 1.165) is 11.0 Å². The van der Waals surface area contributed by atoms with E-state index in [-0.39, 0.29) is 5.82 Å². The van der Waals surface area contributed by atoms with Crippen molar-refractivity contribution in [3.8, 4) is 0 Å². The van der Waals surface area contributed by atoms with Gasteiger partial charge in [0.25, 0.3) is 0 Å². The molecular formula is C13H18FN3O4. The van der Waals surface area contributed by atoms with Crippen molar-refractivity contribution < 1.29 is 19.3 Å². The zero-order valence-corrected chi connectivity index (χ0v) is 11.6. The normalized spacial score (nSPS) is 41.0. The van der Waals surface area contributed by atoms with Crippen molar-refractivity contribution in [1.29, 1.82) is 0 Å². The molecule has 4 N–H and O–H groups in total. The molecule has 1 saturated carbocycles. The molecule has 1 saturated heterocycles. The van der Waals surface area contributed by atoms with Crippen LogP contribution in [0.1, 0.15) is 32.4 Å². The maximum atomic E-state index is 14.5. The largest absolute Gasteiger partial charge is 0.387 e. The highest BCUT2D eigenvalue weighted by atomic mass is 19.1. The number of aliphatic hydroxyl groups is 2. The molecule has 116 valence electrons. The summed E-state index contributed by atoms with van der Waals surface area (Å²) in [5, 5.41) is 20.2. The van der Waals surface area contributed by atoms with Gasteiger partial charge in [-0.3, -0.25) is 4.57 Å². The van der Waals surface area contributed by atoms with Crippen LogP contribution in [0.25, 0.3) is 0 Å². The molecule has 1 aliphatic heterocycles. The van der Waals surface area contributed by atoms with Gasteiger partial charge in [-0.15, -0.1) is 0 Å². The molecule has 1 aliphatic carbocycles. The summed E-state index contributed by atoms with van der Waals surface area (Å²) in [5.74, 6) is 0.0225. The molecule has 0 spiro atoms. The number of ether oxygens (including phenoxy) is 1. The Morgan fingerprint density at radius 2 is 2.33 bits per heavy atom. The van der Waals surface area contributed by atoms with E-state index in [0.29, 0.717) is 12.8 Å². The van der Waals surface area contributed by atoms with Crippen LogP contribution in [0.15, 0.2) is 17.1 Å². The molecule has 7 nitrogen and oxygen atoms in total. The highest BCUT2D eigenvalue weighted by Crippen LogP contribution is 2.65. The van der Waals surface area contributed by atoms with E-state index in [4.69, 9.17) is 10.5 Å². The summed E-state index contributed by atoms with van der Waals surface area (Å²) >= 11 is 0. The molecule has 2 aliphatic rings. The van der Waals surface area contributed by atoms with Gasteiger partial charge in [0.1, 0.15) is 17.5 Å². The predicted octanol–water partition coefficient (Wildman–Crippen LogP) is -0.273. The summed E-state index contributed by atoms with van der Waals surface area (Å²) in [6, 6.07) is 1.35. The third-order valence-corrected chi connectivity index (χ3v) is 4.48. The van der Waals surface area contributed by atoms with E-state index in [1.54, 1.807) is 0 Å². The maximum absolute atomic E-state index is 14.5. The third kappa shape index (κ3) is 1.69. The number of nitrogens with two attached hydrogens (primary N) is 1. The van der Waals surface area contributed by atoms with Crippen LogP contribution >= 0.6 is 0 Å². The minimum absolute atomic E-state index is 0.0225. The van der Waals surface area contributed by atoms with Gasteiger partial charge >= 0.3 is 5.69 Å². The number of fused-ring (bicyclic) bond motifs is 1. The first-order valence-electron chi connectivity index (χ1n) is 6.95. The van der Waals surface area contributed by atoms with Gasteiger partial charge in [-0.05, 0) is 12.5 Å². The fraction of sp³-hybridized carbons (Fsp3) is 0.692. The minimum atomic E-state index is -1.96. The van der Waals surface area contributed by atoms with Gasteiger partial charge in [0.05, 0.1) is 0 Å². The van der Waals surface area contributed by atoms with Gasteiger partial charge in [-0.25, -0.2) is 9.18 Å². The molecule has 1 aromatic rings. The number of hydrogen-bond donors (Lipinski definition) is 3. The fourth-order valence-corrected chi connectivity index (χ4v) is 3.18. The van der Waals surface area contributed by atoms with E-state index in [2.05, 4.69) is 4.98 Å².